The van der Waals surface area contributed by atoms with Crippen molar-refractivity contribution in [1.29, 1.82) is 0 Å². The van der Waals surface area contributed by atoms with Gasteiger partial charge >= 0.3 is 0 Å². The summed E-state index contributed by atoms with van der Waals surface area (Å²) < 4.78 is 22.4. The number of sulfone groups is 1. The van der Waals surface area contributed by atoms with E-state index >= 15 is 0 Å². The zero-order valence-corrected chi connectivity index (χ0v) is 9.86. The van der Waals surface area contributed by atoms with Crippen molar-refractivity contribution in [1.82, 2.24) is 0 Å². The predicted octanol–water partition coefficient (Wildman–Crippen LogP) is 0.855. The lowest BCUT2D eigenvalue weighted by atomic mass is 10.0. The fourth-order valence-electron chi connectivity index (χ4n) is 1.66. The Morgan fingerprint density at radius 1 is 1.21 bits per heavy atom. The molecule has 5 heteroatoms. The molecule has 0 saturated carbocycles. The van der Waals surface area contributed by atoms with Crippen molar-refractivity contribution in [2.24, 2.45) is 5.73 Å². The van der Waals surface area contributed by atoms with E-state index in [4.69, 9.17) is 5.73 Å². The quantitative estimate of drug-likeness (QED) is 0.722. The first-order valence-electron chi connectivity index (χ1n) is 4.90. The first kappa shape index (κ1) is 13.4. The molecule has 0 aliphatic rings. The lowest BCUT2D eigenvalue weighted by molar-refractivity contribution is -0.120. The average Bonchev–Trinajstić information content (AvgIpc) is 2.05. The topological polar surface area (TPSA) is 77.2 Å². The second-order valence-corrected chi connectivity index (χ2v) is 5.80. The van der Waals surface area contributed by atoms with Crippen LogP contribution < -0.4 is 5.73 Å². The standard InChI is InChI=1S/C9H19NO3S/c1-4-7-14(12,13)9(5-2,6-3)8(10)11/h4-7H2,1-3H3,(H2,10,11). The van der Waals surface area contributed by atoms with Crippen molar-refractivity contribution in [3.05, 3.63) is 0 Å². The maximum absolute atomic E-state index is 11.9. The van der Waals surface area contributed by atoms with Crippen LogP contribution >= 0.6 is 0 Å². The molecule has 0 aromatic rings. The van der Waals surface area contributed by atoms with Gasteiger partial charge in [0.2, 0.25) is 5.91 Å². The summed E-state index contributed by atoms with van der Waals surface area (Å²) in [6.45, 7) is 5.14. The van der Waals surface area contributed by atoms with Gasteiger partial charge < -0.3 is 5.73 Å². The second kappa shape index (κ2) is 4.77. The SMILES string of the molecule is CCCS(=O)(=O)C(CC)(CC)C(N)=O. The van der Waals surface area contributed by atoms with E-state index in [9.17, 15) is 13.2 Å². The van der Waals surface area contributed by atoms with E-state index in [0.29, 0.717) is 6.42 Å². The number of carbonyl (C=O) groups excluding carboxylic acids is 1. The molecule has 0 aromatic heterocycles. The molecule has 0 atom stereocenters. The van der Waals surface area contributed by atoms with Gasteiger partial charge in [-0.05, 0) is 19.3 Å². The minimum Gasteiger partial charge on any atom is -0.368 e. The van der Waals surface area contributed by atoms with Gasteiger partial charge in [-0.25, -0.2) is 8.42 Å². The molecule has 0 unspecified atom stereocenters. The van der Waals surface area contributed by atoms with E-state index in [1.165, 1.54) is 0 Å². The molecule has 0 radical (unpaired) electrons. The van der Waals surface area contributed by atoms with Crippen LogP contribution in [0.3, 0.4) is 0 Å². The highest BCUT2D eigenvalue weighted by atomic mass is 32.2. The fourth-order valence-corrected chi connectivity index (χ4v) is 3.77. The Labute approximate surface area is 85.8 Å². The van der Waals surface area contributed by atoms with Crippen molar-refractivity contribution < 1.29 is 13.2 Å². The molecule has 0 saturated heterocycles. The van der Waals surface area contributed by atoms with Crippen LogP contribution in [0, 0.1) is 0 Å². The van der Waals surface area contributed by atoms with E-state index in [0.717, 1.165) is 0 Å². The molecule has 0 spiro atoms. The maximum Gasteiger partial charge on any atom is 0.238 e. The van der Waals surface area contributed by atoms with Gasteiger partial charge in [-0.1, -0.05) is 20.8 Å². The Hall–Kier alpha value is -0.580. The number of primary amides is 1. The second-order valence-electron chi connectivity index (χ2n) is 3.38. The molecule has 0 rings (SSSR count). The fraction of sp³-hybridized carbons (Fsp3) is 0.889. The van der Waals surface area contributed by atoms with Crippen molar-refractivity contribution in [2.75, 3.05) is 5.75 Å². The number of rotatable bonds is 6. The Bertz CT molecular complexity index is 291. The van der Waals surface area contributed by atoms with Crippen molar-refractivity contribution >= 4 is 15.7 Å². The van der Waals surface area contributed by atoms with Gasteiger partial charge in [-0.3, -0.25) is 4.79 Å². The number of hydrogen-bond acceptors (Lipinski definition) is 3. The van der Waals surface area contributed by atoms with Crippen LogP contribution in [0.15, 0.2) is 0 Å². The monoisotopic (exact) mass is 221 g/mol. The molecule has 0 bridgehead atoms. The van der Waals surface area contributed by atoms with Gasteiger partial charge in [-0.15, -0.1) is 0 Å². The van der Waals surface area contributed by atoms with E-state index < -0.39 is 20.5 Å². The van der Waals surface area contributed by atoms with Crippen LogP contribution in [0.1, 0.15) is 40.0 Å². The van der Waals surface area contributed by atoms with E-state index in [-0.39, 0.29) is 18.6 Å². The summed E-state index contributed by atoms with van der Waals surface area (Å²) in [6.07, 6.45) is 1.01. The van der Waals surface area contributed by atoms with E-state index in [1.54, 1.807) is 20.8 Å². The molecule has 1 amide bonds. The summed E-state index contributed by atoms with van der Waals surface area (Å²) in [7, 11) is -3.41. The molecule has 0 fully saturated rings. The Morgan fingerprint density at radius 3 is 1.86 bits per heavy atom. The lowest BCUT2D eigenvalue weighted by Crippen LogP contribution is -2.50. The number of amides is 1. The van der Waals surface area contributed by atoms with E-state index in [2.05, 4.69) is 0 Å². The van der Waals surface area contributed by atoms with Crippen LogP contribution in [-0.4, -0.2) is 24.8 Å². The highest BCUT2D eigenvalue weighted by Gasteiger charge is 2.45. The van der Waals surface area contributed by atoms with Gasteiger partial charge in [0.1, 0.15) is 4.75 Å². The molecule has 4 nitrogen and oxygen atoms in total. The third-order valence-corrected chi connectivity index (χ3v) is 5.57. The summed E-state index contributed by atoms with van der Waals surface area (Å²) >= 11 is 0. The molecular weight excluding hydrogens is 202 g/mol. The molecule has 0 aromatic carbocycles. The minimum absolute atomic E-state index is 0.0254. The van der Waals surface area contributed by atoms with E-state index in [1.807, 2.05) is 0 Å². The molecule has 0 aliphatic carbocycles. The van der Waals surface area contributed by atoms with Gasteiger partial charge in [0, 0.05) is 0 Å². The Balaban J connectivity index is 5.30. The largest absolute Gasteiger partial charge is 0.368 e. The van der Waals surface area contributed by atoms with Crippen LogP contribution in [0.2, 0.25) is 0 Å². The third kappa shape index (κ3) is 2.08. The zero-order valence-electron chi connectivity index (χ0n) is 9.04. The first-order valence-corrected chi connectivity index (χ1v) is 6.55. The lowest BCUT2D eigenvalue weighted by Gasteiger charge is -2.27. The highest BCUT2D eigenvalue weighted by Crippen LogP contribution is 2.26. The predicted molar refractivity (Wildman–Crippen MR) is 56.6 cm³/mol. The summed E-state index contributed by atoms with van der Waals surface area (Å²) in [5.74, 6) is -0.701. The Morgan fingerprint density at radius 2 is 1.64 bits per heavy atom. The van der Waals surface area contributed by atoms with Gasteiger partial charge in [0.25, 0.3) is 0 Å². The molecule has 0 aliphatic heterocycles. The summed E-state index contributed by atoms with van der Waals surface area (Å²) in [4.78, 5) is 11.2. The van der Waals surface area contributed by atoms with Gasteiger partial charge in [0.05, 0.1) is 5.75 Å². The highest BCUT2D eigenvalue weighted by molar-refractivity contribution is 7.93. The van der Waals surface area contributed by atoms with Crippen molar-refractivity contribution in [3.63, 3.8) is 0 Å². The van der Waals surface area contributed by atoms with Crippen LogP contribution in [0.25, 0.3) is 0 Å². The summed E-state index contributed by atoms with van der Waals surface area (Å²) in [6, 6.07) is 0. The number of hydrogen-bond donors (Lipinski definition) is 1. The van der Waals surface area contributed by atoms with Gasteiger partial charge in [-0.2, -0.15) is 0 Å². The summed E-state index contributed by atoms with van der Waals surface area (Å²) in [5.41, 5.74) is 5.19. The average molecular weight is 221 g/mol. The molecular formula is C9H19NO3S. The van der Waals surface area contributed by atoms with Crippen LogP contribution in [-0.2, 0) is 14.6 Å². The smallest absolute Gasteiger partial charge is 0.238 e. The minimum atomic E-state index is -3.41. The summed E-state index contributed by atoms with van der Waals surface area (Å²) in [5, 5.41) is 0. The Kier molecular flexibility index (Phi) is 4.58. The number of carbonyl (C=O) groups is 1. The van der Waals surface area contributed by atoms with Crippen molar-refractivity contribution in [2.45, 2.75) is 44.8 Å². The van der Waals surface area contributed by atoms with Crippen LogP contribution in [0.4, 0.5) is 0 Å². The number of nitrogens with two attached hydrogens (primary N) is 1. The maximum atomic E-state index is 11.9. The first-order chi connectivity index (χ1) is 6.38. The molecule has 0 heterocycles. The van der Waals surface area contributed by atoms with Crippen LogP contribution in [0.5, 0.6) is 0 Å². The molecule has 14 heavy (non-hydrogen) atoms. The molecule has 84 valence electrons. The third-order valence-electron chi connectivity index (χ3n) is 2.66. The normalized spacial score (nSPS) is 12.8. The zero-order chi connectivity index (χ0) is 11.4. The van der Waals surface area contributed by atoms with Gasteiger partial charge in [0.15, 0.2) is 9.84 Å². The van der Waals surface area contributed by atoms with Crippen molar-refractivity contribution in [3.8, 4) is 0 Å². The molecule has 2 N–H and O–H groups in total.